The molecule has 176 valence electrons. The van der Waals surface area contributed by atoms with E-state index in [9.17, 15) is 9.18 Å². The molecule has 1 N–H and O–H groups in total. The van der Waals surface area contributed by atoms with Crippen molar-refractivity contribution in [1.82, 2.24) is 10.3 Å². The first-order chi connectivity index (χ1) is 15.7. The molecule has 2 aromatic rings. The molecule has 1 aromatic heterocycles. The first-order valence-corrected chi connectivity index (χ1v) is 11.1. The van der Waals surface area contributed by atoms with Gasteiger partial charge in [0.15, 0.2) is 0 Å². The highest BCUT2D eigenvalue weighted by atomic mass is 19.1. The minimum absolute atomic E-state index is 0.0971. The molecular weight excluding hydrogens is 423 g/mol. The van der Waals surface area contributed by atoms with Gasteiger partial charge in [-0.15, -0.1) is 0 Å². The van der Waals surface area contributed by atoms with Gasteiger partial charge in [-0.2, -0.15) is 5.26 Å². The minimum atomic E-state index is -0.632. The number of hydrogen-bond acceptors (Lipinski definition) is 6. The molecule has 0 radical (unpaired) electrons. The van der Waals surface area contributed by atoms with E-state index < -0.39 is 11.7 Å². The molecule has 33 heavy (non-hydrogen) atoms. The molecule has 0 spiro atoms. The van der Waals surface area contributed by atoms with E-state index in [4.69, 9.17) is 14.7 Å². The van der Waals surface area contributed by atoms with Crippen LogP contribution >= 0.6 is 0 Å². The zero-order valence-corrected chi connectivity index (χ0v) is 19.6. The molecule has 1 aliphatic heterocycles. The van der Waals surface area contributed by atoms with Crippen molar-refractivity contribution in [3.63, 3.8) is 0 Å². The number of hydrogen-bond donors (Lipinski definition) is 1. The van der Waals surface area contributed by atoms with Gasteiger partial charge in [-0.25, -0.2) is 14.2 Å². The van der Waals surface area contributed by atoms with Crippen molar-refractivity contribution in [2.75, 3.05) is 25.1 Å². The fraction of sp³-hybridized carbons (Fsp3) is 0.480. The molecule has 1 aromatic carbocycles. The van der Waals surface area contributed by atoms with E-state index in [0.717, 1.165) is 31.7 Å². The number of piperidine rings is 1. The molecule has 1 amide bonds. The summed E-state index contributed by atoms with van der Waals surface area (Å²) in [6.07, 6.45) is 2.61. The van der Waals surface area contributed by atoms with Crippen LogP contribution in [0.5, 0.6) is 0 Å². The largest absolute Gasteiger partial charge is 0.444 e. The van der Waals surface area contributed by atoms with Crippen molar-refractivity contribution in [2.24, 2.45) is 5.92 Å². The molecule has 1 saturated heterocycles. The number of halogens is 1. The molecule has 3 rings (SSSR count). The molecule has 0 saturated carbocycles. The fourth-order valence-electron chi connectivity index (χ4n) is 4.04. The third-order valence-corrected chi connectivity index (χ3v) is 5.62. The third kappa shape index (κ3) is 6.65. The zero-order chi connectivity index (χ0) is 24.0. The van der Waals surface area contributed by atoms with E-state index in [1.165, 1.54) is 13.2 Å². The summed E-state index contributed by atoms with van der Waals surface area (Å²) in [4.78, 5) is 19.1. The summed E-state index contributed by atoms with van der Waals surface area (Å²) in [5, 5.41) is 11.9. The molecule has 0 bridgehead atoms. The Morgan fingerprint density at radius 2 is 2.03 bits per heavy atom. The second-order valence-corrected chi connectivity index (χ2v) is 9.25. The summed E-state index contributed by atoms with van der Waals surface area (Å²) in [6, 6.07) is 10.3. The number of rotatable bonds is 6. The Hall–Kier alpha value is -3.18. The maximum absolute atomic E-state index is 14.7. The van der Waals surface area contributed by atoms with Crippen LogP contribution in [-0.4, -0.2) is 36.9 Å². The number of carbonyl (C=O) groups is 1. The van der Waals surface area contributed by atoms with Crippen molar-refractivity contribution >= 4 is 11.9 Å². The number of aromatic nitrogens is 1. The van der Waals surface area contributed by atoms with Crippen LogP contribution in [0.2, 0.25) is 0 Å². The quantitative estimate of drug-likeness (QED) is 0.680. The van der Waals surface area contributed by atoms with E-state index in [1.54, 1.807) is 18.3 Å². The summed E-state index contributed by atoms with van der Waals surface area (Å²) >= 11 is 0. The first-order valence-electron chi connectivity index (χ1n) is 11.1. The standard InChI is InChI=1S/C25H31FN4O3/c1-25(2,3)33-24(31)29-23(19-6-7-20(16-32-4)21(26)13-19)18-9-11-30(12-10-18)22-8-5-17(14-27)15-28-22/h5-8,13,15,18,23H,9-12,16H2,1-4H3,(H,29,31). The Morgan fingerprint density at radius 3 is 2.58 bits per heavy atom. The van der Waals surface area contributed by atoms with Gasteiger partial charge in [-0.1, -0.05) is 12.1 Å². The van der Waals surface area contributed by atoms with Crippen LogP contribution in [0, 0.1) is 23.1 Å². The summed E-state index contributed by atoms with van der Waals surface area (Å²) in [6.45, 7) is 7.09. The van der Waals surface area contributed by atoms with Gasteiger partial charge in [-0.05, 0) is 63.3 Å². The lowest BCUT2D eigenvalue weighted by Crippen LogP contribution is -2.42. The van der Waals surface area contributed by atoms with Crippen LogP contribution < -0.4 is 10.2 Å². The van der Waals surface area contributed by atoms with Crippen molar-refractivity contribution in [2.45, 2.75) is 51.9 Å². The lowest BCUT2D eigenvalue weighted by atomic mass is 9.85. The maximum atomic E-state index is 14.7. The van der Waals surface area contributed by atoms with E-state index in [2.05, 4.69) is 21.3 Å². The Bertz CT molecular complexity index is 990. The Balaban J connectivity index is 1.77. The van der Waals surface area contributed by atoms with Crippen LogP contribution in [-0.2, 0) is 16.1 Å². The number of anilines is 1. The number of pyridine rings is 1. The molecule has 8 heteroatoms. The highest BCUT2D eigenvalue weighted by Crippen LogP contribution is 2.33. The number of alkyl carbamates (subject to hydrolysis) is 1. The van der Waals surface area contributed by atoms with Crippen LogP contribution in [0.15, 0.2) is 36.5 Å². The number of amides is 1. The number of nitrogens with zero attached hydrogens (tertiary/aromatic N) is 3. The highest BCUT2D eigenvalue weighted by molar-refractivity contribution is 5.68. The zero-order valence-electron chi connectivity index (χ0n) is 19.6. The second-order valence-electron chi connectivity index (χ2n) is 9.25. The van der Waals surface area contributed by atoms with E-state index in [-0.39, 0.29) is 24.4 Å². The monoisotopic (exact) mass is 454 g/mol. The summed E-state index contributed by atoms with van der Waals surface area (Å²) in [5.74, 6) is 0.559. The van der Waals surface area contributed by atoms with Crippen LogP contribution in [0.4, 0.5) is 15.0 Å². The smallest absolute Gasteiger partial charge is 0.408 e. The van der Waals surface area contributed by atoms with Crippen molar-refractivity contribution < 1.29 is 18.7 Å². The third-order valence-electron chi connectivity index (χ3n) is 5.62. The Labute approximate surface area is 194 Å². The summed E-state index contributed by atoms with van der Waals surface area (Å²) in [7, 11) is 1.52. The molecule has 0 aliphatic carbocycles. The van der Waals surface area contributed by atoms with Crippen molar-refractivity contribution in [1.29, 1.82) is 5.26 Å². The predicted octanol–water partition coefficient (Wildman–Crippen LogP) is 4.72. The predicted molar refractivity (Wildman–Crippen MR) is 123 cm³/mol. The van der Waals surface area contributed by atoms with Gasteiger partial charge in [0.25, 0.3) is 0 Å². The average molecular weight is 455 g/mol. The Morgan fingerprint density at radius 1 is 1.30 bits per heavy atom. The van der Waals surface area contributed by atoms with Gasteiger partial charge in [-0.3, -0.25) is 0 Å². The molecule has 2 heterocycles. The number of ether oxygens (including phenoxy) is 2. The van der Waals surface area contributed by atoms with E-state index in [1.807, 2.05) is 32.9 Å². The fourth-order valence-corrected chi connectivity index (χ4v) is 4.04. The normalized spacial score (nSPS) is 15.6. The van der Waals surface area contributed by atoms with Crippen LogP contribution in [0.1, 0.15) is 56.3 Å². The summed E-state index contributed by atoms with van der Waals surface area (Å²) in [5.41, 5.74) is 1.06. The van der Waals surface area contributed by atoms with E-state index in [0.29, 0.717) is 16.7 Å². The van der Waals surface area contributed by atoms with Gasteiger partial charge in [0.1, 0.15) is 23.3 Å². The van der Waals surface area contributed by atoms with Gasteiger partial charge in [0.05, 0.1) is 18.2 Å². The number of nitriles is 1. The summed E-state index contributed by atoms with van der Waals surface area (Å²) < 4.78 is 25.2. The average Bonchev–Trinajstić information content (AvgIpc) is 2.78. The Kier molecular flexibility index (Phi) is 7.88. The van der Waals surface area contributed by atoms with Gasteiger partial charge < -0.3 is 19.7 Å². The highest BCUT2D eigenvalue weighted by Gasteiger charge is 2.31. The number of nitrogens with one attached hydrogen (secondary N) is 1. The van der Waals surface area contributed by atoms with Gasteiger partial charge >= 0.3 is 6.09 Å². The molecule has 1 fully saturated rings. The van der Waals surface area contributed by atoms with Gasteiger partial charge in [0.2, 0.25) is 0 Å². The van der Waals surface area contributed by atoms with Gasteiger partial charge in [0, 0.05) is 32.0 Å². The SMILES string of the molecule is COCc1ccc(C(NC(=O)OC(C)(C)C)C2CCN(c3ccc(C#N)cn3)CC2)cc1F. The lowest BCUT2D eigenvalue weighted by molar-refractivity contribution is 0.0478. The maximum Gasteiger partial charge on any atom is 0.408 e. The van der Waals surface area contributed by atoms with Crippen molar-refractivity contribution in [3.8, 4) is 6.07 Å². The van der Waals surface area contributed by atoms with Crippen molar-refractivity contribution in [3.05, 3.63) is 59.0 Å². The molecule has 1 aliphatic rings. The first kappa shape index (κ1) is 24.5. The number of carbonyl (C=O) groups excluding carboxylic acids is 1. The number of benzene rings is 1. The molecule has 7 nitrogen and oxygen atoms in total. The minimum Gasteiger partial charge on any atom is -0.444 e. The molecule has 1 atom stereocenters. The topological polar surface area (TPSA) is 87.5 Å². The molecular formula is C25H31FN4O3. The van der Waals surface area contributed by atoms with E-state index >= 15 is 0 Å². The van der Waals surface area contributed by atoms with Crippen LogP contribution in [0.25, 0.3) is 0 Å². The lowest BCUT2D eigenvalue weighted by Gasteiger charge is -2.37. The second kappa shape index (κ2) is 10.6. The molecule has 1 unspecified atom stereocenters. The number of methoxy groups -OCH3 is 1. The van der Waals surface area contributed by atoms with Crippen LogP contribution in [0.3, 0.4) is 0 Å².